The summed E-state index contributed by atoms with van der Waals surface area (Å²) in [5, 5.41) is 21.5. The number of rotatable bonds is 6. The van der Waals surface area contributed by atoms with Crippen LogP contribution in [0, 0.1) is 27.2 Å². The molecule has 0 aliphatic carbocycles. The van der Waals surface area contributed by atoms with E-state index in [0.717, 1.165) is 5.56 Å². The van der Waals surface area contributed by atoms with Crippen LogP contribution in [0.2, 0.25) is 0 Å². The third-order valence-corrected chi connectivity index (χ3v) is 4.90. The van der Waals surface area contributed by atoms with Gasteiger partial charge in [0.25, 0.3) is 11.4 Å². The molecule has 9 nitrogen and oxygen atoms in total. The molecule has 4 rings (SSSR count). The summed E-state index contributed by atoms with van der Waals surface area (Å²) in [5.74, 6) is 0.688. The average molecular weight is 432 g/mol. The maximum absolute atomic E-state index is 12.8. The van der Waals surface area contributed by atoms with Crippen molar-refractivity contribution in [2.75, 3.05) is 0 Å². The highest BCUT2D eigenvalue weighted by atomic mass is 16.6. The SMILES string of the molecule is Cc1cc(OCc2ccc([N+](=O)[O-])cc2)cc2c1C(=O)/C(=C/c1ccc([N+](=O)[O-])cc1)O2. The Morgan fingerprint density at radius 1 is 0.938 bits per heavy atom. The molecular weight excluding hydrogens is 416 g/mol. The largest absolute Gasteiger partial charge is 0.489 e. The lowest BCUT2D eigenvalue weighted by Crippen LogP contribution is -2.00. The highest BCUT2D eigenvalue weighted by Crippen LogP contribution is 2.37. The van der Waals surface area contributed by atoms with Gasteiger partial charge in [0, 0.05) is 30.3 Å². The molecule has 0 spiro atoms. The van der Waals surface area contributed by atoms with E-state index in [1.54, 1.807) is 31.2 Å². The number of benzene rings is 3. The van der Waals surface area contributed by atoms with Crippen molar-refractivity contribution in [1.29, 1.82) is 0 Å². The fourth-order valence-corrected chi connectivity index (χ4v) is 3.28. The Morgan fingerprint density at radius 3 is 2.12 bits per heavy atom. The molecule has 0 aromatic heterocycles. The number of carbonyl (C=O) groups excluding carboxylic acids is 1. The van der Waals surface area contributed by atoms with Crippen LogP contribution in [0.3, 0.4) is 0 Å². The molecule has 32 heavy (non-hydrogen) atoms. The lowest BCUT2D eigenvalue weighted by Gasteiger charge is -2.09. The summed E-state index contributed by atoms with van der Waals surface area (Å²) < 4.78 is 11.5. The van der Waals surface area contributed by atoms with Crippen LogP contribution < -0.4 is 9.47 Å². The zero-order chi connectivity index (χ0) is 22.8. The van der Waals surface area contributed by atoms with Gasteiger partial charge < -0.3 is 9.47 Å². The van der Waals surface area contributed by atoms with Crippen molar-refractivity contribution in [2.45, 2.75) is 13.5 Å². The Bertz CT molecular complexity index is 1260. The minimum absolute atomic E-state index is 0.00127. The number of aryl methyl sites for hydroxylation is 1. The molecule has 0 bridgehead atoms. The van der Waals surface area contributed by atoms with Crippen molar-refractivity contribution < 1.29 is 24.1 Å². The van der Waals surface area contributed by atoms with E-state index in [1.807, 2.05) is 0 Å². The Morgan fingerprint density at radius 2 is 1.53 bits per heavy atom. The van der Waals surface area contributed by atoms with Crippen LogP contribution in [-0.2, 0) is 6.61 Å². The quantitative estimate of drug-likeness (QED) is 0.305. The summed E-state index contributed by atoms with van der Waals surface area (Å²) in [6, 6.07) is 15.2. The predicted molar refractivity (Wildman–Crippen MR) is 115 cm³/mol. The third kappa shape index (κ3) is 4.17. The molecule has 0 amide bonds. The summed E-state index contributed by atoms with van der Waals surface area (Å²) in [7, 11) is 0. The molecule has 0 saturated heterocycles. The van der Waals surface area contributed by atoms with E-state index >= 15 is 0 Å². The predicted octanol–water partition coefficient (Wildman–Crippen LogP) is 5.01. The number of hydrogen-bond donors (Lipinski definition) is 0. The van der Waals surface area contributed by atoms with Crippen molar-refractivity contribution in [3.05, 3.63) is 109 Å². The van der Waals surface area contributed by atoms with E-state index in [2.05, 4.69) is 0 Å². The third-order valence-electron chi connectivity index (χ3n) is 4.90. The fraction of sp³-hybridized carbons (Fsp3) is 0.0870. The Balaban J connectivity index is 1.51. The number of fused-ring (bicyclic) bond motifs is 1. The molecule has 160 valence electrons. The van der Waals surface area contributed by atoms with Gasteiger partial charge in [-0.15, -0.1) is 0 Å². The van der Waals surface area contributed by atoms with Gasteiger partial charge in [-0.25, -0.2) is 0 Å². The van der Waals surface area contributed by atoms with Gasteiger partial charge in [0.2, 0.25) is 5.78 Å². The smallest absolute Gasteiger partial charge is 0.269 e. The van der Waals surface area contributed by atoms with Crippen LogP contribution >= 0.6 is 0 Å². The Kier molecular flexibility index (Phi) is 5.38. The lowest BCUT2D eigenvalue weighted by atomic mass is 10.0. The van der Waals surface area contributed by atoms with Crippen LogP contribution in [0.4, 0.5) is 11.4 Å². The number of nitrogens with zero attached hydrogens (tertiary/aromatic N) is 2. The number of ketones is 1. The van der Waals surface area contributed by atoms with Crippen molar-refractivity contribution >= 4 is 23.2 Å². The topological polar surface area (TPSA) is 122 Å². The van der Waals surface area contributed by atoms with Gasteiger partial charge in [-0.1, -0.05) is 0 Å². The minimum atomic E-state index is -0.494. The number of Topliss-reactive ketones (excluding diaryl/α,β-unsaturated/α-hetero) is 1. The molecule has 0 atom stereocenters. The van der Waals surface area contributed by atoms with E-state index in [-0.39, 0.29) is 29.5 Å². The van der Waals surface area contributed by atoms with E-state index in [0.29, 0.717) is 28.2 Å². The summed E-state index contributed by atoms with van der Waals surface area (Å²) in [6.07, 6.45) is 1.53. The van der Waals surface area contributed by atoms with Gasteiger partial charge >= 0.3 is 0 Å². The van der Waals surface area contributed by atoms with Crippen LogP contribution in [0.15, 0.2) is 66.4 Å². The zero-order valence-corrected chi connectivity index (χ0v) is 16.8. The van der Waals surface area contributed by atoms with Gasteiger partial charge in [-0.05, 0) is 60.0 Å². The number of allylic oxidation sites excluding steroid dienone is 1. The lowest BCUT2D eigenvalue weighted by molar-refractivity contribution is -0.385. The second kappa shape index (κ2) is 8.31. The highest BCUT2D eigenvalue weighted by molar-refractivity contribution is 6.15. The van der Waals surface area contributed by atoms with Crippen molar-refractivity contribution in [1.82, 2.24) is 0 Å². The molecule has 1 aliphatic rings. The monoisotopic (exact) mass is 432 g/mol. The first-order valence-corrected chi connectivity index (χ1v) is 9.51. The number of ether oxygens (including phenoxy) is 2. The summed E-state index contributed by atoms with van der Waals surface area (Å²) in [4.78, 5) is 33.3. The van der Waals surface area contributed by atoms with E-state index in [1.165, 1.54) is 42.5 Å². The zero-order valence-electron chi connectivity index (χ0n) is 16.8. The molecule has 3 aromatic rings. The molecule has 1 heterocycles. The second-order valence-electron chi connectivity index (χ2n) is 7.11. The van der Waals surface area contributed by atoms with E-state index in [9.17, 15) is 25.0 Å². The summed E-state index contributed by atoms with van der Waals surface area (Å²) in [5.41, 5.74) is 2.42. The fourth-order valence-electron chi connectivity index (χ4n) is 3.28. The van der Waals surface area contributed by atoms with Crippen LogP contribution in [-0.4, -0.2) is 15.6 Å². The first kappa shape index (κ1) is 20.7. The van der Waals surface area contributed by atoms with Crippen molar-refractivity contribution in [3.63, 3.8) is 0 Å². The normalized spacial score (nSPS) is 13.5. The maximum atomic E-state index is 12.8. The average Bonchev–Trinajstić information content (AvgIpc) is 3.08. The van der Waals surface area contributed by atoms with Crippen molar-refractivity contribution in [3.8, 4) is 11.5 Å². The van der Waals surface area contributed by atoms with Crippen LogP contribution in [0.5, 0.6) is 11.5 Å². The molecule has 0 radical (unpaired) electrons. The number of carbonyl (C=O) groups is 1. The highest BCUT2D eigenvalue weighted by Gasteiger charge is 2.30. The number of hydrogen-bond acceptors (Lipinski definition) is 7. The molecule has 0 unspecified atom stereocenters. The molecule has 3 aromatic carbocycles. The first-order valence-electron chi connectivity index (χ1n) is 9.51. The van der Waals surface area contributed by atoms with Gasteiger partial charge in [0.15, 0.2) is 5.76 Å². The van der Waals surface area contributed by atoms with Crippen LogP contribution in [0.25, 0.3) is 6.08 Å². The molecular formula is C23H16N2O7. The second-order valence-corrected chi connectivity index (χ2v) is 7.11. The number of non-ortho nitro benzene ring substituents is 2. The van der Waals surface area contributed by atoms with Gasteiger partial charge in [-0.3, -0.25) is 25.0 Å². The summed E-state index contributed by atoms with van der Waals surface area (Å²) in [6.45, 7) is 1.96. The first-order chi connectivity index (χ1) is 15.3. The molecule has 0 saturated carbocycles. The van der Waals surface area contributed by atoms with E-state index < -0.39 is 9.85 Å². The van der Waals surface area contributed by atoms with E-state index in [4.69, 9.17) is 9.47 Å². The van der Waals surface area contributed by atoms with Gasteiger partial charge in [-0.2, -0.15) is 0 Å². The number of nitro groups is 2. The van der Waals surface area contributed by atoms with Gasteiger partial charge in [0.05, 0.1) is 15.4 Å². The molecule has 0 N–H and O–H groups in total. The molecule has 0 fully saturated rings. The number of nitro benzene ring substituents is 2. The summed E-state index contributed by atoms with van der Waals surface area (Å²) >= 11 is 0. The van der Waals surface area contributed by atoms with Crippen molar-refractivity contribution in [2.24, 2.45) is 0 Å². The Hall–Kier alpha value is -4.53. The van der Waals surface area contributed by atoms with Crippen LogP contribution in [0.1, 0.15) is 27.0 Å². The minimum Gasteiger partial charge on any atom is -0.489 e. The standard InChI is InChI=1S/C23H16N2O7/c1-14-10-19(31-13-16-4-8-18(9-5-16)25(29)30)12-20-22(14)23(26)21(32-20)11-15-2-6-17(7-3-15)24(27)28/h2-12H,13H2,1H3/b21-11-. The molecule has 9 heteroatoms. The van der Waals surface area contributed by atoms with Gasteiger partial charge in [0.1, 0.15) is 18.1 Å². The molecule has 1 aliphatic heterocycles. The maximum Gasteiger partial charge on any atom is 0.269 e. The Labute approximate surface area is 181 Å².